The van der Waals surface area contributed by atoms with Crippen molar-refractivity contribution in [1.82, 2.24) is 0 Å². The van der Waals surface area contributed by atoms with Gasteiger partial charge in [0, 0.05) is 18.1 Å². The molecule has 0 aromatic heterocycles. The first-order valence-electron chi connectivity index (χ1n) is 5.82. The van der Waals surface area contributed by atoms with Crippen LogP contribution in [0.5, 0.6) is 0 Å². The molecule has 16 heavy (non-hydrogen) atoms. The van der Waals surface area contributed by atoms with Gasteiger partial charge in [0.15, 0.2) is 5.78 Å². The first-order valence-corrected chi connectivity index (χ1v) is 5.82. The summed E-state index contributed by atoms with van der Waals surface area (Å²) in [5.74, 6) is 0.378. The minimum atomic E-state index is -0.159. The standard InChI is InChI=1S/C14H18O2/c1-14(2)10-12(8-9-16-14)13(15)11-6-4-3-5-7-11/h3-7,12H,8-10H2,1-2H3/t12-/m1/s1. The van der Waals surface area contributed by atoms with E-state index in [0.29, 0.717) is 6.61 Å². The van der Waals surface area contributed by atoms with Crippen LogP contribution in [0.3, 0.4) is 0 Å². The van der Waals surface area contributed by atoms with E-state index in [4.69, 9.17) is 4.74 Å². The summed E-state index contributed by atoms with van der Waals surface area (Å²) in [6.07, 6.45) is 1.66. The molecule has 0 amide bonds. The molecule has 0 saturated carbocycles. The first-order chi connectivity index (χ1) is 7.58. The van der Waals surface area contributed by atoms with E-state index in [0.717, 1.165) is 18.4 Å². The predicted octanol–water partition coefficient (Wildman–Crippen LogP) is 3.07. The van der Waals surface area contributed by atoms with Crippen molar-refractivity contribution in [2.24, 2.45) is 5.92 Å². The van der Waals surface area contributed by atoms with Crippen molar-refractivity contribution in [3.63, 3.8) is 0 Å². The normalized spacial score (nSPS) is 24.0. The minimum Gasteiger partial charge on any atom is -0.376 e. The molecule has 0 bridgehead atoms. The van der Waals surface area contributed by atoms with Crippen LogP contribution in [-0.4, -0.2) is 18.0 Å². The summed E-state index contributed by atoms with van der Waals surface area (Å²) in [4.78, 5) is 12.2. The van der Waals surface area contributed by atoms with Crippen molar-refractivity contribution in [1.29, 1.82) is 0 Å². The van der Waals surface area contributed by atoms with E-state index in [-0.39, 0.29) is 17.3 Å². The molecule has 1 aromatic rings. The molecule has 0 radical (unpaired) electrons. The zero-order chi connectivity index (χ0) is 11.6. The highest BCUT2D eigenvalue weighted by Crippen LogP contribution is 2.30. The summed E-state index contributed by atoms with van der Waals surface area (Å²) in [6, 6.07) is 9.55. The van der Waals surface area contributed by atoms with Crippen LogP contribution in [0.4, 0.5) is 0 Å². The van der Waals surface area contributed by atoms with Crippen LogP contribution in [0.2, 0.25) is 0 Å². The summed E-state index contributed by atoms with van der Waals surface area (Å²) < 4.78 is 5.63. The van der Waals surface area contributed by atoms with Gasteiger partial charge in [0.05, 0.1) is 5.60 Å². The number of carbonyl (C=O) groups excluding carboxylic acids is 1. The lowest BCUT2D eigenvalue weighted by Crippen LogP contribution is -2.37. The Kier molecular flexibility index (Phi) is 3.10. The van der Waals surface area contributed by atoms with Crippen LogP contribution < -0.4 is 0 Å². The number of Topliss-reactive ketones (excluding diaryl/α,β-unsaturated/α-hetero) is 1. The van der Waals surface area contributed by atoms with Gasteiger partial charge in [-0.05, 0) is 26.7 Å². The number of ether oxygens (including phenoxy) is 1. The third-order valence-electron chi connectivity index (χ3n) is 3.13. The molecule has 0 aliphatic carbocycles. The number of rotatable bonds is 2. The van der Waals surface area contributed by atoms with Crippen molar-refractivity contribution < 1.29 is 9.53 Å². The molecule has 0 N–H and O–H groups in total. The lowest BCUT2D eigenvalue weighted by atomic mass is 9.83. The van der Waals surface area contributed by atoms with E-state index in [1.807, 2.05) is 30.3 Å². The molecule has 1 heterocycles. The monoisotopic (exact) mass is 218 g/mol. The summed E-state index contributed by atoms with van der Waals surface area (Å²) in [6.45, 7) is 4.80. The van der Waals surface area contributed by atoms with Gasteiger partial charge in [-0.25, -0.2) is 0 Å². The summed E-state index contributed by atoms with van der Waals surface area (Å²) >= 11 is 0. The van der Waals surface area contributed by atoms with Gasteiger partial charge in [-0.2, -0.15) is 0 Å². The second kappa shape index (κ2) is 4.38. The highest BCUT2D eigenvalue weighted by molar-refractivity contribution is 5.97. The number of hydrogen-bond donors (Lipinski definition) is 0. The van der Waals surface area contributed by atoms with E-state index in [1.54, 1.807) is 0 Å². The van der Waals surface area contributed by atoms with Gasteiger partial charge in [-0.1, -0.05) is 30.3 Å². The largest absolute Gasteiger partial charge is 0.376 e. The molecular formula is C14H18O2. The number of ketones is 1. The fraction of sp³-hybridized carbons (Fsp3) is 0.500. The van der Waals surface area contributed by atoms with Crippen molar-refractivity contribution in [3.05, 3.63) is 35.9 Å². The number of benzene rings is 1. The van der Waals surface area contributed by atoms with E-state index < -0.39 is 0 Å². The highest BCUT2D eigenvalue weighted by atomic mass is 16.5. The topological polar surface area (TPSA) is 26.3 Å². The number of hydrogen-bond acceptors (Lipinski definition) is 2. The molecule has 1 aromatic carbocycles. The Morgan fingerprint density at radius 2 is 2.00 bits per heavy atom. The molecule has 2 nitrogen and oxygen atoms in total. The van der Waals surface area contributed by atoms with Gasteiger partial charge in [0.2, 0.25) is 0 Å². The quantitative estimate of drug-likeness (QED) is 0.713. The molecule has 2 rings (SSSR count). The van der Waals surface area contributed by atoms with Crippen LogP contribution in [0.15, 0.2) is 30.3 Å². The van der Waals surface area contributed by atoms with E-state index >= 15 is 0 Å². The van der Waals surface area contributed by atoms with Crippen LogP contribution in [0.1, 0.15) is 37.0 Å². The van der Waals surface area contributed by atoms with Gasteiger partial charge < -0.3 is 4.74 Å². The van der Waals surface area contributed by atoms with Gasteiger partial charge in [0.25, 0.3) is 0 Å². The molecule has 0 spiro atoms. The average molecular weight is 218 g/mol. The fourth-order valence-corrected chi connectivity index (χ4v) is 2.29. The zero-order valence-corrected chi connectivity index (χ0v) is 9.90. The maximum absolute atomic E-state index is 12.2. The van der Waals surface area contributed by atoms with E-state index in [2.05, 4.69) is 13.8 Å². The lowest BCUT2D eigenvalue weighted by molar-refractivity contribution is -0.0664. The maximum Gasteiger partial charge on any atom is 0.166 e. The molecule has 1 aliphatic rings. The van der Waals surface area contributed by atoms with Crippen LogP contribution >= 0.6 is 0 Å². The van der Waals surface area contributed by atoms with Crippen LogP contribution in [-0.2, 0) is 4.74 Å². The molecule has 1 aliphatic heterocycles. The molecule has 1 saturated heterocycles. The Bertz CT molecular complexity index is 368. The lowest BCUT2D eigenvalue weighted by Gasteiger charge is -2.34. The second-order valence-electron chi connectivity index (χ2n) is 5.03. The Morgan fingerprint density at radius 1 is 1.31 bits per heavy atom. The molecule has 1 fully saturated rings. The van der Waals surface area contributed by atoms with Crippen molar-refractivity contribution in [3.8, 4) is 0 Å². The Morgan fingerprint density at radius 3 is 2.62 bits per heavy atom. The van der Waals surface area contributed by atoms with Crippen LogP contribution in [0, 0.1) is 5.92 Å². The summed E-state index contributed by atoms with van der Waals surface area (Å²) in [5, 5.41) is 0. The fourth-order valence-electron chi connectivity index (χ4n) is 2.29. The van der Waals surface area contributed by atoms with Crippen molar-refractivity contribution >= 4 is 5.78 Å². The smallest absolute Gasteiger partial charge is 0.166 e. The minimum absolute atomic E-state index is 0.117. The van der Waals surface area contributed by atoms with E-state index in [9.17, 15) is 4.79 Å². The predicted molar refractivity (Wildman–Crippen MR) is 63.5 cm³/mol. The molecule has 1 atom stereocenters. The molecule has 86 valence electrons. The van der Waals surface area contributed by atoms with Crippen molar-refractivity contribution in [2.75, 3.05) is 6.61 Å². The highest BCUT2D eigenvalue weighted by Gasteiger charge is 2.32. The first kappa shape index (κ1) is 11.3. The summed E-state index contributed by atoms with van der Waals surface area (Å²) in [7, 11) is 0. The zero-order valence-electron chi connectivity index (χ0n) is 9.90. The molecule has 0 unspecified atom stereocenters. The van der Waals surface area contributed by atoms with Crippen molar-refractivity contribution in [2.45, 2.75) is 32.3 Å². The third-order valence-corrected chi connectivity index (χ3v) is 3.13. The summed E-state index contributed by atoms with van der Waals surface area (Å²) in [5.41, 5.74) is 0.665. The van der Waals surface area contributed by atoms with Gasteiger partial charge >= 0.3 is 0 Å². The van der Waals surface area contributed by atoms with E-state index in [1.165, 1.54) is 0 Å². The molecule has 2 heteroatoms. The Labute approximate surface area is 96.6 Å². The number of carbonyl (C=O) groups is 1. The Hall–Kier alpha value is -1.15. The third kappa shape index (κ3) is 2.50. The Balaban J connectivity index is 2.11. The SMILES string of the molecule is CC1(C)C[C@H](C(=O)c2ccccc2)CCO1. The van der Waals surface area contributed by atoms with Crippen LogP contribution in [0.25, 0.3) is 0 Å². The average Bonchev–Trinajstić information content (AvgIpc) is 2.28. The van der Waals surface area contributed by atoms with Gasteiger partial charge in [-0.3, -0.25) is 4.79 Å². The van der Waals surface area contributed by atoms with Gasteiger partial charge in [0.1, 0.15) is 0 Å². The maximum atomic E-state index is 12.2. The molecular weight excluding hydrogens is 200 g/mol. The second-order valence-corrected chi connectivity index (χ2v) is 5.03. The van der Waals surface area contributed by atoms with Gasteiger partial charge in [-0.15, -0.1) is 0 Å².